The number of carbonyl (C=O) groups excluding carboxylic acids is 1. The fraction of sp³-hybridized carbons (Fsp3) is 0.333. The first-order chi connectivity index (χ1) is 12.9. The van der Waals surface area contributed by atoms with E-state index in [1.165, 1.54) is 12.1 Å². The summed E-state index contributed by atoms with van der Waals surface area (Å²) in [5.41, 5.74) is 1.60. The summed E-state index contributed by atoms with van der Waals surface area (Å²) < 4.78 is 20.5. The van der Waals surface area contributed by atoms with Crippen molar-refractivity contribution >= 4 is 21.8 Å². The molecule has 0 saturated carbocycles. The van der Waals surface area contributed by atoms with Crippen molar-refractivity contribution in [3.05, 3.63) is 69.9 Å². The highest BCUT2D eigenvalue weighted by atomic mass is 79.9. The monoisotopic (exact) mass is 432 g/mol. The van der Waals surface area contributed by atoms with Crippen molar-refractivity contribution in [1.82, 2.24) is 5.32 Å². The summed E-state index contributed by atoms with van der Waals surface area (Å²) in [4.78, 5) is 12.5. The Balaban J connectivity index is 2.35. The van der Waals surface area contributed by atoms with Crippen LogP contribution in [0.5, 0.6) is 0 Å². The SMILES string of the molecule is CC(C)C[C@H](OC(c1ccc(F)cc1)c1ccc(Br)cc1)C(=O)NCC#N. The fourth-order valence-corrected chi connectivity index (χ4v) is 2.95. The van der Waals surface area contributed by atoms with Gasteiger partial charge in [0, 0.05) is 4.47 Å². The Bertz CT molecular complexity index is 740. The van der Waals surface area contributed by atoms with E-state index in [4.69, 9.17) is 10.00 Å². The molecule has 142 valence electrons. The van der Waals surface area contributed by atoms with Crippen molar-refractivity contribution in [2.75, 3.05) is 6.54 Å². The first kappa shape index (κ1) is 21.1. The Morgan fingerprint density at radius 1 is 1.15 bits per heavy atom. The van der Waals surface area contributed by atoms with Crippen LogP contribution in [0, 0.1) is 23.1 Å². The molecule has 2 atom stereocenters. The minimum atomic E-state index is -0.725. The predicted molar refractivity (Wildman–Crippen MR) is 105 cm³/mol. The van der Waals surface area contributed by atoms with E-state index < -0.39 is 12.2 Å². The van der Waals surface area contributed by atoms with Gasteiger partial charge in [-0.2, -0.15) is 5.26 Å². The van der Waals surface area contributed by atoms with Crippen LogP contribution in [0.15, 0.2) is 53.0 Å². The summed E-state index contributed by atoms with van der Waals surface area (Å²) in [6.07, 6.45) is -0.752. The largest absolute Gasteiger partial charge is 0.356 e. The van der Waals surface area contributed by atoms with E-state index in [1.54, 1.807) is 12.1 Å². The second-order valence-electron chi connectivity index (χ2n) is 6.61. The zero-order valence-electron chi connectivity index (χ0n) is 15.3. The van der Waals surface area contributed by atoms with Gasteiger partial charge in [-0.15, -0.1) is 0 Å². The number of hydrogen-bond acceptors (Lipinski definition) is 3. The molecule has 4 nitrogen and oxygen atoms in total. The van der Waals surface area contributed by atoms with Crippen LogP contribution in [0.25, 0.3) is 0 Å². The maximum atomic E-state index is 13.4. The number of nitrogens with one attached hydrogen (secondary N) is 1. The van der Waals surface area contributed by atoms with E-state index in [-0.39, 0.29) is 24.2 Å². The van der Waals surface area contributed by atoms with Crippen molar-refractivity contribution in [2.24, 2.45) is 5.92 Å². The third-order valence-electron chi connectivity index (χ3n) is 3.97. The number of halogens is 2. The molecule has 0 radical (unpaired) electrons. The summed E-state index contributed by atoms with van der Waals surface area (Å²) in [6.45, 7) is 3.93. The molecule has 1 amide bonds. The van der Waals surface area contributed by atoms with Crippen LogP contribution in [0.1, 0.15) is 37.5 Å². The predicted octanol–water partition coefficient (Wildman–Crippen LogP) is 4.75. The number of amides is 1. The summed E-state index contributed by atoms with van der Waals surface area (Å²) in [5, 5.41) is 11.3. The Labute approximate surface area is 167 Å². The molecule has 1 N–H and O–H groups in total. The van der Waals surface area contributed by atoms with Gasteiger partial charge >= 0.3 is 0 Å². The average Bonchev–Trinajstić information content (AvgIpc) is 2.64. The van der Waals surface area contributed by atoms with Gasteiger partial charge in [-0.05, 0) is 47.7 Å². The highest BCUT2D eigenvalue weighted by Gasteiger charge is 2.26. The minimum Gasteiger partial charge on any atom is -0.356 e. The van der Waals surface area contributed by atoms with Crippen LogP contribution >= 0.6 is 15.9 Å². The van der Waals surface area contributed by atoms with Gasteiger partial charge in [0.05, 0.1) is 6.07 Å². The molecular weight excluding hydrogens is 411 g/mol. The van der Waals surface area contributed by atoms with E-state index in [0.29, 0.717) is 6.42 Å². The lowest BCUT2D eigenvalue weighted by atomic mass is 9.99. The van der Waals surface area contributed by atoms with Gasteiger partial charge in [0.2, 0.25) is 5.91 Å². The zero-order valence-corrected chi connectivity index (χ0v) is 16.9. The molecule has 6 heteroatoms. The van der Waals surface area contributed by atoms with Crippen LogP contribution in [-0.4, -0.2) is 18.6 Å². The number of nitrogens with zero attached hydrogens (tertiary/aromatic N) is 1. The third kappa shape index (κ3) is 6.46. The molecule has 27 heavy (non-hydrogen) atoms. The van der Waals surface area contributed by atoms with Gasteiger partial charge in [-0.3, -0.25) is 4.79 Å². The Kier molecular flexibility index (Phi) is 7.96. The maximum Gasteiger partial charge on any atom is 0.250 e. The second-order valence-corrected chi connectivity index (χ2v) is 7.53. The smallest absolute Gasteiger partial charge is 0.250 e. The van der Waals surface area contributed by atoms with Gasteiger partial charge < -0.3 is 10.1 Å². The molecule has 0 saturated heterocycles. The zero-order chi connectivity index (χ0) is 19.8. The van der Waals surface area contributed by atoms with Gasteiger partial charge in [0.15, 0.2) is 0 Å². The molecule has 0 bridgehead atoms. The topological polar surface area (TPSA) is 62.1 Å². The minimum absolute atomic E-state index is 0.0731. The molecule has 2 aromatic rings. The number of benzene rings is 2. The normalized spacial score (nSPS) is 13.0. The molecule has 0 aliphatic rings. The molecule has 2 aromatic carbocycles. The standard InChI is InChI=1S/C21H22BrFN2O2/c1-14(2)13-19(21(26)25-12-11-24)27-20(15-3-7-17(22)8-4-15)16-5-9-18(23)10-6-16/h3-10,14,19-20H,12-13H2,1-2H3,(H,25,26)/t19-,20?/m0/s1. The van der Waals surface area contributed by atoms with Crippen LogP contribution in [0.2, 0.25) is 0 Å². The molecule has 1 unspecified atom stereocenters. The van der Waals surface area contributed by atoms with Gasteiger partial charge in [-0.1, -0.05) is 54.0 Å². The van der Waals surface area contributed by atoms with E-state index in [1.807, 2.05) is 44.2 Å². The van der Waals surface area contributed by atoms with Gasteiger partial charge in [0.25, 0.3) is 0 Å². The van der Waals surface area contributed by atoms with E-state index >= 15 is 0 Å². The molecule has 0 spiro atoms. The van der Waals surface area contributed by atoms with Crippen LogP contribution in [0.3, 0.4) is 0 Å². The number of carbonyl (C=O) groups is 1. The fourth-order valence-electron chi connectivity index (χ4n) is 2.68. The van der Waals surface area contributed by atoms with Crippen molar-refractivity contribution in [3.8, 4) is 6.07 Å². The average molecular weight is 433 g/mol. The molecule has 0 heterocycles. The number of rotatable bonds is 8. The summed E-state index contributed by atoms with van der Waals surface area (Å²) in [7, 11) is 0. The Morgan fingerprint density at radius 3 is 2.22 bits per heavy atom. The van der Waals surface area contributed by atoms with E-state index in [0.717, 1.165) is 15.6 Å². The van der Waals surface area contributed by atoms with Crippen molar-refractivity contribution in [1.29, 1.82) is 5.26 Å². The van der Waals surface area contributed by atoms with Gasteiger partial charge in [0.1, 0.15) is 24.6 Å². The quantitative estimate of drug-likeness (QED) is 0.612. The van der Waals surface area contributed by atoms with Crippen LogP contribution in [-0.2, 0) is 9.53 Å². The third-order valence-corrected chi connectivity index (χ3v) is 4.49. The number of ether oxygens (including phenoxy) is 1. The molecular formula is C21H22BrFN2O2. The first-order valence-corrected chi connectivity index (χ1v) is 9.51. The molecule has 0 aliphatic carbocycles. The lowest BCUT2D eigenvalue weighted by Crippen LogP contribution is -2.38. The van der Waals surface area contributed by atoms with Crippen molar-refractivity contribution in [2.45, 2.75) is 32.5 Å². The Hall–Kier alpha value is -2.23. The summed E-state index contributed by atoms with van der Waals surface area (Å²) >= 11 is 3.41. The molecule has 0 fully saturated rings. The maximum absolute atomic E-state index is 13.4. The van der Waals surface area contributed by atoms with Crippen LogP contribution < -0.4 is 5.32 Å². The lowest BCUT2D eigenvalue weighted by molar-refractivity contribution is -0.136. The molecule has 0 aliphatic heterocycles. The van der Waals surface area contributed by atoms with Crippen molar-refractivity contribution in [3.63, 3.8) is 0 Å². The van der Waals surface area contributed by atoms with E-state index in [2.05, 4.69) is 21.2 Å². The lowest BCUT2D eigenvalue weighted by Gasteiger charge is -2.26. The summed E-state index contributed by atoms with van der Waals surface area (Å²) in [5.74, 6) is -0.435. The van der Waals surface area contributed by atoms with Crippen molar-refractivity contribution < 1.29 is 13.9 Å². The van der Waals surface area contributed by atoms with E-state index in [9.17, 15) is 9.18 Å². The molecule has 2 rings (SSSR count). The molecule has 0 aromatic heterocycles. The first-order valence-electron chi connectivity index (χ1n) is 8.71. The number of nitriles is 1. The number of hydrogen-bond donors (Lipinski definition) is 1. The summed E-state index contributed by atoms with van der Waals surface area (Å²) in [6, 6.07) is 15.5. The Morgan fingerprint density at radius 2 is 1.70 bits per heavy atom. The van der Waals surface area contributed by atoms with Gasteiger partial charge in [-0.25, -0.2) is 4.39 Å². The highest BCUT2D eigenvalue weighted by Crippen LogP contribution is 2.30. The second kappa shape index (κ2) is 10.2. The highest BCUT2D eigenvalue weighted by molar-refractivity contribution is 9.10. The van der Waals surface area contributed by atoms with Crippen LogP contribution in [0.4, 0.5) is 4.39 Å².